The van der Waals surface area contributed by atoms with E-state index in [1.54, 1.807) is 18.0 Å². The van der Waals surface area contributed by atoms with Gasteiger partial charge in [-0.1, -0.05) is 6.92 Å². The molecule has 98 valence electrons. The average molecular weight is 262 g/mol. The Bertz CT molecular complexity index is 429. The van der Waals surface area contributed by atoms with E-state index in [0.29, 0.717) is 25.4 Å². The second kappa shape index (κ2) is 6.67. The van der Waals surface area contributed by atoms with E-state index in [1.165, 1.54) is 0 Å². The minimum atomic E-state index is -3.21. The van der Waals surface area contributed by atoms with E-state index in [0.717, 1.165) is 0 Å². The lowest BCUT2D eigenvalue weighted by Crippen LogP contribution is -2.27. The van der Waals surface area contributed by atoms with Gasteiger partial charge in [0.2, 0.25) is 10.0 Å². The Kier molecular flexibility index (Phi) is 5.52. The first-order valence-corrected chi connectivity index (χ1v) is 7.07. The highest BCUT2D eigenvalue weighted by Gasteiger charge is 2.11. The number of hydrogen-bond acceptors (Lipinski definition) is 5. The summed E-state index contributed by atoms with van der Waals surface area (Å²) in [6.07, 6.45) is 2.15. The Hall–Kier alpha value is -0.990. The van der Waals surface area contributed by atoms with Crippen LogP contribution in [0.25, 0.3) is 0 Å². The number of nitrogens with zero attached hydrogens (tertiary/aromatic N) is 3. The first-order valence-electron chi connectivity index (χ1n) is 5.42. The number of methoxy groups -OCH3 is 1. The summed E-state index contributed by atoms with van der Waals surface area (Å²) in [6.45, 7) is 3.12. The zero-order chi connectivity index (χ0) is 12.7. The van der Waals surface area contributed by atoms with Crippen molar-refractivity contribution in [3.63, 3.8) is 0 Å². The van der Waals surface area contributed by atoms with Crippen molar-refractivity contribution >= 4 is 10.0 Å². The minimum Gasteiger partial charge on any atom is -0.383 e. The first-order chi connectivity index (χ1) is 8.09. The smallest absolute Gasteiger partial charge is 0.211 e. The number of aromatic nitrogens is 3. The van der Waals surface area contributed by atoms with E-state index in [1.807, 2.05) is 6.92 Å². The molecule has 0 spiro atoms. The topological polar surface area (TPSA) is 86.1 Å². The fourth-order valence-electron chi connectivity index (χ4n) is 1.31. The molecule has 0 bridgehead atoms. The fraction of sp³-hybridized carbons (Fsp3) is 0.778. The minimum absolute atomic E-state index is 0.124. The molecule has 1 N–H and O–H groups in total. The van der Waals surface area contributed by atoms with E-state index in [9.17, 15) is 8.42 Å². The lowest BCUT2D eigenvalue weighted by atomic mass is 10.5. The quantitative estimate of drug-likeness (QED) is 0.698. The van der Waals surface area contributed by atoms with Crippen LogP contribution in [-0.2, 0) is 27.8 Å². The summed E-state index contributed by atoms with van der Waals surface area (Å²) < 4.78 is 32.1. The van der Waals surface area contributed by atoms with E-state index >= 15 is 0 Å². The Balaban J connectivity index is 2.54. The van der Waals surface area contributed by atoms with Crippen molar-refractivity contribution in [3.8, 4) is 0 Å². The van der Waals surface area contributed by atoms with Gasteiger partial charge in [-0.25, -0.2) is 13.1 Å². The molecular weight excluding hydrogens is 244 g/mol. The maximum atomic E-state index is 11.5. The van der Waals surface area contributed by atoms with E-state index in [4.69, 9.17) is 4.74 Å². The molecule has 0 amide bonds. The second-order valence-corrected chi connectivity index (χ2v) is 5.50. The molecule has 0 aliphatic rings. The number of hydrogen-bond donors (Lipinski definition) is 1. The third-order valence-electron chi connectivity index (χ3n) is 2.16. The highest BCUT2D eigenvalue weighted by molar-refractivity contribution is 7.89. The van der Waals surface area contributed by atoms with E-state index in [2.05, 4.69) is 14.9 Å². The highest BCUT2D eigenvalue weighted by Crippen LogP contribution is 1.97. The molecule has 1 aromatic heterocycles. The summed E-state index contributed by atoms with van der Waals surface area (Å²) in [5, 5.41) is 7.61. The van der Waals surface area contributed by atoms with Crippen molar-refractivity contribution in [2.45, 2.75) is 26.4 Å². The summed E-state index contributed by atoms with van der Waals surface area (Å²) in [7, 11) is -1.60. The van der Waals surface area contributed by atoms with Gasteiger partial charge in [0, 0.05) is 13.7 Å². The molecule has 0 radical (unpaired) electrons. The second-order valence-electron chi connectivity index (χ2n) is 3.57. The molecule has 0 unspecified atom stereocenters. The van der Waals surface area contributed by atoms with Crippen LogP contribution in [0.15, 0.2) is 6.33 Å². The molecule has 1 aromatic rings. The third kappa shape index (κ3) is 4.80. The monoisotopic (exact) mass is 262 g/mol. The van der Waals surface area contributed by atoms with Gasteiger partial charge in [0.15, 0.2) is 0 Å². The van der Waals surface area contributed by atoms with Gasteiger partial charge < -0.3 is 9.30 Å². The first kappa shape index (κ1) is 14.1. The molecule has 0 aliphatic carbocycles. The van der Waals surface area contributed by atoms with Crippen LogP contribution < -0.4 is 4.72 Å². The van der Waals surface area contributed by atoms with E-state index < -0.39 is 10.0 Å². The van der Waals surface area contributed by atoms with Gasteiger partial charge in [0.25, 0.3) is 0 Å². The zero-order valence-electron chi connectivity index (χ0n) is 10.1. The lowest BCUT2D eigenvalue weighted by molar-refractivity contribution is 0.186. The Labute approximate surface area is 101 Å². The summed E-state index contributed by atoms with van der Waals surface area (Å²) in [5.41, 5.74) is 0. The van der Waals surface area contributed by atoms with Crippen LogP contribution in [-0.4, -0.2) is 42.7 Å². The molecule has 0 atom stereocenters. The molecule has 0 saturated heterocycles. The molecule has 1 rings (SSSR count). The van der Waals surface area contributed by atoms with Crippen molar-refractivity contribution in [2.75, 3.05) is 19.5 Å². The molecule has 8 heteroatoms. The van der Waals surface area contributed by atoms with E-state index in [-0.39, 0.29) is 12.3 Å². The third-order valence-corrected chi connectivity index (χ3v) is 3.68. The van der Waals surface area contributed by atoms with Crippen LogP contribution in [0.3, 0.4) is 0 Å². The molecule has 0 aliphatic heterocycles. The summed E-state index contributed by atoms with van der Waals surface area (Å²) in [6, 6.07) is 0. The van der Waals surface area contributed by atoms with Crippen LogP contribution in [0, 0.1) is 0 Å². The largest absolute Gasteiger partial charge is 0.383 e. The summed E-state index contributed by atoms with van der Waals surface area (Å²) in [5.74, 6) is 0.709. The molecule has 0 fully saturated rings. The predicted octanol–water partition coefficient (Wildman–Crippen LogP) is -0.246. The Morgan fingerprint density at radius 2 is 2.29 bits per heavy atom. The molecule has 17 heavy (non-hydrogen) atoms. The van der Waals surface area contributed by atoms with Gasteiger partial charge in [-0.3, -0.25) is 0 Å². The maximum absolute atomic E-state index is 11.5. The van der Waals surface area contributed by atoms with Crippen LogP contribution in [0.1, 0.15) is 19.2 Å². The van der Waals surface area contributed by atoms with Crippen LogP contribution in [0.2, 0.25) is 0 Å². The normalized spacial score (nSPS) is 11.9. The SMILES string of the molecule is CCCS(=O)(=O)NCc1nncn1CCOC. The van der Waals surface area contributed by atoms with Gasteiger partial charge >= 0.3 is 0 Å². The molecular formula is C9H18N4O3S. The zero-order valence-corrected chi connectivity index (χ0v) is 10.9. The van der Waals surface area contributed by atoms with Gasteiger partial charge in [0.1, 0.15) is 12.2 Å². The number of sulfonamides is 1. The number of rotatable bonds is 8. The standard InChI is InChI=1S/C9H18N4O3S/c1-3-6-17(14,15)11-7-9-12-10-8-13(9)4-5-16-2/h8,11H,3-7H2,1-2H3. The van der Waals surface area contributed by atoms with Crippen molar-refractivity contribution in [1.82, 2.24) is 19.5 Å². The van der Waals surface area contributed by atoms with Gasteiger partial charge in [0.05, 0.1) is 18.9 Å². The van der Waals surface area contributed by atoms with Crippen LogP contribution in [0.4, 0.5) is 0 Å². The predicted molar refractivity (Wildman–Crippen MR) is 62.8 cm³/mol. The molecule has 1 heterocycles. The van der Waals surface area contributed by atoms with Crippen molar-refractivity contribution in [3.05, 3.63) is 12.2 Å². The van der Waals surface area contributed by atoms with Crippen LogP contribution in [0.5, 0.6) is 0 Å². The summed E-state index contributed by atoms with van der Waals surface area (Å²) in [4.78, 5) is 0. The molecule has 7 nitrogen and oxygen atoms in total. The van der Waals surface area contributed by atoms with Crippen molar-refractivity contribution in [2.24, 2.45) is 0 Å². The summed E-state index contributed by atoms with van der Waals surface area (Å²) >= 11 is 0. The number of nitrogens with one attached hydrogen (secondary N) is 1. The Morgan fingerprint density at radius 3 is 2.94 bits per heavy atom. The van der Waals surface area contributed by atoms with Crippen LogP contribution >= 0.6 is 0 Å². The van der Waals surface area contributed by atoms with Gasteiger partial charge in [-0.2, -0.15) is 0 Å². The van der Waals surface area contributed by atoms with Crippen molar-refractivity contribution in [1.29, 1.82) is 0 Å². The highest BCUT2D eigenvalue weighted by atomic mass is 32.2. The van der Waals surface area contributed by atoms with Gasteiger partial charge in [-0.15, -0.1) is 10.2 Å². The van der Waals surface area contributed by atoms with Gasteiger partial charge in [-0.05, 0) is 6.42 Å². The fourth-order valence-corrected chi connectivity index (χ4v) is 2.34. The lowest BCUT2D eigenvalue weighted by Gasteiger charge is -2.07. The number of ether oxygens (including phenoxy) is 1. The van der Waals surface area contributed by atoms with Crippen molar-refractivity contribution < 1.29 is 13.2 Å². The molecule has 0 aromatic carbocycles. The Morgan fingerprint density at radius 1 is 1.53 bits per heavy atom. The molecule has 0 saturated carbocycles. The average Bonchev–Trinajstić information content (AvgIpc) is 2.71. The maximum Gasteiger partial charge on any atom is 0.211 e.